The zero-order valence-electron chi connectivity index (χ0n) is 15.0. The van der Waals surface area contributed by atoms with Crippen LogP contribution in [0, 0.1) is 0 Å². The molecule has 0 heterocycles. The van der Waals surface area contributed by atoms with Crippen molar-refractivity contribution in [2.24, 2.45) is 0 Å². The number of hydrogen-bond donors (Lipinski definition) is 0. The maximum absolute atomic E-state index is 12.9. The van der Waals surface area contributed by atoms with Gasteiger partial charge in [0.15, 0.2) is 0 Å². The number of carbonyl (C=O) groups excluding carboxylic acids is 1. The van der Waals surface area contributed by atoms with Crippen LogP contribution in [-0.2, 0) is 10.0 Å². The topological polar surface area (TPSA) is 57.7 Å². The molecule has 2 aromatic rings. The zero-order chi connectivity index (χ0) is 20.4. The number of anilines is 1. The van der Waals surface area contributed by atoms with Gasteiger partial charge in [-0.3, -0.25) is 4.79 Å². The van der Waals surface area contributed by atoms with Gasteiger partial charge in [0.25, 0.3) is 5.91 Å². The number of benzene rings is 2. The first-order chi connectivity index (χ1) is 12.6. The summed E-state index contributed by atoms with van der Waals surface area (Å²) in [5.74, 6) is -0.396. The zero-order valence-corrected chi connectivity index (χ0v) is 19.0. The van der Waals surface area contributed by atoms with Crippen molar-refractivity contribution in [1.29, 1.82) is 0 Å². The summed E-state index contributed by atoms with van der Waals surface area (Å²) >= 11 is 15.7. The fraction of sp³-hybridized carbons (Fsp3) is 0.278. The van der Waals surface area contributed by atoms with E-state index in [0.29, 0.717) is 23.8 Å². The van der Waals surface area contributed by atoms with Crippen molar-refractivity contribution in [1.82, 2.24) is 4.31 Å². The second kappa shape index (κ2) is 8.92. The van der Waals surface area contributed by atoms with E-state index in [1.807, 2.05) is 0 Å². The fourth-order valence-electron chi connectivity index (χ4n) is 2.59. The van der Waals surface area contributed by atoms with Crippen molar-refractivity contribution in [2.75, 3.05) is 25.0 Å². The summed E-state index contributed by atoms with van der Waals surface area (Å²) < 4.78 is 27.7. The van der Waals surface area contributed by atoms with Gasteiger partial charge in [-0.05, 0) is 36.4 Å². The van der Waals surface area contributed by atoms with Gasteiger partial charge in [-0.15, -0.1) is 0 Å². The quantitative estimate of drug-likeness (QED) is 0.564. The monoisotopic (exact) mass is 492 g/mol. The predicted molar refractivity (Wildman–Crippen MR) is 113 cm³/mol. The Morgan fingerprint density at radius 3 is 2.22 bits per heavy atom. The largest absolute Gasteiger partial charge is 0.310 e. The van der Waals surface area contributed by atoms with E-state index in [1.54, 1.807) is 39.1 Å². The summed E-state index contributed by atoms with van der Waals surface area (Å²) in [5, 5.41) is 0.466. The molecule has 0 saturated heterocycles. The van der Waals surface area contributed by atoms with Gasteiger partial charge >= 0.3 is 0 Å². The van der Waals surface area contributed by atoms with Crippen LogP contribution in [0.4, 0.5) is 5.69 Å². The van der Waals surface area contributed by atoms with Crippen LogP contribution >= 0.6 is 39.1 Å². The molecule has 27 heavy (non-hydrogen) atoms. The lowest BCUT2D eigenvalue weighted by Gasteiger charge is -2.21. The molecule has 0 N–H and O–H groups in total. The summed E-state index contributed by atoms with van der Waals surface area (Å²) in [5.41, 5.74) is 0.708. The van der Waals surface area contributed by atoms with Crippen molar-refractivity contribution < 1.29 is 13.2 Å². The van der Waals surface area contributed by atoms with Crippen molar-refractivity contribution in [3.05, 3.63) is 56.5 Å². The van der Waals surface area contributed by atoms with Crippen LogP contribution in [0.2, 0.25) is 10.0 Å². The first-order valence-corrected chi connectivity index (χ1v) is 11.1. The number of carbonyl (C=O) groups is 1. The molecular weight excluding hydrogens is 475 g/mol. The average molecular weight is 494 g/mol. The van der Waals surface area contributed by atoms with E-state index in [-0.39, 0.29) is 15.5 Å². The predicted octanol–water partition coefficient (Wildman–Crippen LogP) is 5.06. The van der Waals surface area contributed by atoms with Gasteiger partial charge in [0.05, 0.1) is 15.7 Å². The standard InChI is InChI=1S/C18H19BrCl2N2O3S/c1-4-23(5-2)27(25,26)17-10-12(6-8-14(17)20)18(24)22(3)16-9-7-13(19)11-15(16)21/h6-11H,4-5H2,1-3H3. The first-order valence-electron chi connectivity index (χ1n) is 8.16. The SMILES string of the molecule is CCN(CC)S(=O)(=O)c1cc(C(=O)N(C)c2ccc(Br)cc2Cl)ccc1Cl. The van der Waals surface area contributed by atoms with Gasteiger partial charge in [-0.25, -0.2) is 8.42 Å². The Kier molecular flexibility index (Phi) is 7.33. The van der Waals surface area contributed by atoms with Gasteiger partial charge in [0.2, 0.25) is 10.0 Å². The van der Waals surface area contributed by atoms with Gasteiger partial charge in [0, 0.05) is 30.2 Å². The summed E-state index contributed by atoms with van der Waals surface area (Å²) in [6.45, 7) is 4.10. The summed E-state index contributed by atoms with van der Waals surface area (Å²) in [6.07, 6.45) is 0. The molecule has 2 aromatic carbocycles. The molecule has 9 heteroatoms. The molecule has 0 aliphatic carbocycles. The van der Waals surface area contributed by atoms with Crippen LogP contribution in [0.3, 0.4) is 0 Å². The molecule has 1 amide bonds. The number of sulfonamides is 1. The van der Waals surface area contributed by atoms with E-state index >= 15 is 0 Å². The first kappa shape index (κ1) is 22.2. The van der Waals surface area contributed by atoms with E-state index in [2.05, 4.69) is 15.9 Å². The van der Waals surface area contributed by atoms with Crippen LogP contribution in [0.5, 0.6) is 0 Å². The summed E-state index contributed by atoms with van der Waals surface area (Å²) in [7, 11) is -2.22. The Morgan fingerprint density at radius 2 is 1.67 bits per heavy atom. The number of rotatable bonds is 6. The maximum Gasteiger partial charge on any atom is 0.258 e. The molecule has 0 spiro atoms. The minimum absolute atomic E-state index is 0.0720. The Morgan fingerprint density at radius 1 is 1.04 bits per heavy atom. The van der Waals surface area contributed by atoms with Gasteiger partial charge in [-0.1, -0.05) is 53.0 Å². The molecule has 0 fully saturated rings. The molecule has 5 nitrogen and oxygen atoms in total. The van der Waals surface area contributed by atoms with Crippen molar-refractivity contribution >= 4 is 60.7 Å². The molecular formula is C18H19BrCl2N2O3S. The highest BCUT2D eigenvalue weighted by Gasteiger charge is 2.26. The smallest absolute Gasteiger partial charge is 0.258 e. The van der Waals surface area contributed by atoms with E-state index < -0.39 is 15.9 Å². The number of amides is 1. The minimum atomic E-state index is -3.79. The Labute approximate surface area is 178 Å². The number of hydrogen-bond acceptors (Lipinski definition) is 3. The highest BCUT2D eigenvalue weighted by Crippen LogP contribution is 2.31. The van der Waals surface area contributed by atoms with Gasteiger partial charge in [-0.2, -0.15) is 4.31 Å². The Bertz CT molecular complexity index is 963. The van der Waals surface area contributed by atoms with Crippen LogP contribution in [0.1, 0.15) is 24.2 Å². The van der Waals surface area contributed by atoms with E-state index in [0.717, 1.165) is 4.47 Å². The Balaban J connectivity index is 2.46. The molecule has 146 valence electrons. The second-order valence-electron chi connectivity index (χ2n) is 5.69. The van der Waals surface area contributed by atoms with Crippen molar-refractivity contribution in [2.45, 2.75) is 18.7 Å². The third-order valence-electron chi connectivity index (χ3n) is 4.08. The number of halogens is 3. The van der Waals surface area contributed by atoms with Crippen molar-refractivity contribution in [3.63, 3.8) is 0 Å². The Hall–Kier alpha value is -1.12. The fourth-order valence-corrected chi connectivity index (χ4v) is 5.35. The highest BCUT2D eigenvalue weighted by atomic mass is 79.9. The molecule has 0 aromatic heterocycles. The third kappa shape index (κ3) is 4.66. The molecule has 0 aliphatic heterocycles. The summed E-state index contributed by atoms with van der Waals surface area (Å²) in [6, 6.07) is 9.37. The van der Waals surface area contributed by atoms with Crippen LogP contribution in [-0.4, -0.2) is 38.8 Å². The molecule has 0 bridgehead atoms. The molecule has 0 unspecified atom stereocenters. The molecule has 0 atom stereocenters. The molecule has 0 saturated carbocycles. The van der Waals surface area contributed by atoms with Crippen LogP contribution in [0.25, 0.3) is 0 Å². The van der Waals surface area contributed by atoms with E-state index in [1.165, 1.54) is 27.4 Å². The van der Waals surface area contributed by atoms with Gasteiger partial charge in [0.1, 0.15) is 4.90 Å². The maximum atomic E-state index is 12.9. The van der Waals surface area contributed by atoms with Crippen LogP contribution < -0.4 is 4.90 Å². The van der Waals surface area contributed by atoms with E-state index in [9.17, 15) is 13.2 Å². The molecule has 2 rings (SSSR count). The molecule has 0 radical (unpaired) electrons. The third-order valence-corrected chi connectivity index (χ3v) is 7.40. The number of nitrogens with zero attached hydrogens (tertiary/aromatic N) is 2. The van der Waals surface area contributed by atoms with Crippen molar-refractivity contribution in [3.8, 4) is 0 Å². The van der Waals surface area contributed by atoms with Gasteiger partial charge < -0.3 is 4.90 Å². The minimum Gasteiger partial charge on any atom is -0.310 e. The molecule has 0 aliphatic rings. The van der Waals surface area contributed by atoms with E-state index in [4.69, 9.17) is 23.2 Å². The lowest BCUT2D eigenvalue weighted by Crippen LogP contribution is -2.31. The average Bonchev–Trinajstić information content (AvgIpc) is 2.61. The normalized spacial score (nSPS) is 11.7. The highest BCUT2D eigenvalue weighted by molar-refractivity contribution is 9.10. The van der Waals surface area contributed by atoms with Crippen LogP contribution in [0.15, 0.2) is 45.8 Å². The lowest BCUT2D eigenvalue weighted by atomic mass is 10.2. The second-order valence-corrected chi connectivity index (χ2v) is 9.33. The summed E-state index contributed by atoms with van der Waals surface area (Å²) in [4.78, 5) is 14.2. The lowest BCUT2D eigenvalue weighted by molar-refractivity contribution is 0.0993.